The number of sulfonamides is 1. The number of carbonyl (C=O) groups excluding carboxylic acids is 1. The van der Waals surface area contributed by atoms with Crippen molar-refractivity contribution in [2.24, 2.45) is 5.92 Å². The Morgan fingerprint density at radius 3 is 1.82 bits per heavy atom. The predicted molar refractivity (Wildman–Crippen MR) is 195 cm³/mol. The first-order valence-electron chi connectivity index (χ1n) is 17.0. The number of nitrogens with one attached hydrogen (secondary N) is 1. The van der Waals surface area contributed by atoms with Crippen LogP contribution < -0.4 is 11.1 Å². The van der Waals surface area contributed by atoms with Crippen LogP contribution in [0.15, 0.2) is 89.8 Å². The van der Waals surface area contributed by atoms with Crippen molar-refractivity contribution in [3.8, 4) is 0 Å². The summed E-state index contributed by atoms with van der Waals surface area (Å²) >= 11 is 0. The van der Waals surface area contributed by atoms with Crippen LogP contribution in [0.2, 0.25) is 0 Å². The largest absolute Gasteiger partial charge is 0.465 e. The lowest BCUT2D eigenvalue weighted by molar-refractivity contribution is -0.128. The molecule has 3 rings (SSSR count). The lowest BCUT2D eigenvalue weighted by atomic mass is 9.82. The highest BCUT2D eigenvalue weighted by Crippen LogP contribution is 2.35. The summed E-state index contributed by atoms with van der Waals surface area (Å²) in [5.41, 5.74) is 6.99. The Bertz CT molecular complexity index is 1540. The van der Waals surface area contributed by atoms with Crippen molar-refractivity contribution in [1.82, 2.24) is 14.5 Å². The number of benzene rings is 3. The number of aliphatic hydroxyl groups is 1. The molecule has 0 radical (unpaired) electrons. The molecule has 5 N–H and O–H groups in total. The van der Waals surface area contributed by atoms with Gasteiger partial charge in [0.05, 0.1) is 17.0 Å². The number of nitrogen functional groups attached to an aromatic ring is 1. The molecule has 0 aliphatic heterocycles. The number of unbranched alkanes of at least 4 members (excludes halogenated alkanes) is 1. The van der Waals surface area contributed by atoms with Crippen molar-refractivity contribution in [1.29, 1.82) is 0 Å². The number of nitrogens with zero attached hydrogens (tertiary/aromatic N) is 2. The average molecular weight is 695 g/mol. The van der Waals surface area contributed by atoms with E-state index < -0.39 is 51.7 Å². The first-order valence-corrected chi connectivity index (χ1v) is 18.4. The van der Waals surface area contributed by atoms with Gasteiger partial charge in [0.25, 0.3) is 0 Å². The van der Waals surface area contributed by atoms with E-state index in [1.807, 2.05) is 74.5 Å². The number of aliphatic hydroxyl groups excluding tert-OH is 1. The second-order valence-electron chi connectivity index (χ2n) is 14.0. The zero-order valence-corrected chi connectivity index (χ0v) is 30.4. The number of anilines is 1. The Kier molecular flexibility index (Phi) is 14.2. The molecule has 0 aliphatic rings. The summed E-state index contributed by atoms with van der Waals surface area (Å²) in [6.45, 7) is 11.4. The molecule has 0 saturated carbocycles. The third kappa shape index (κ3) is 10.8. The van der Waals surface area contributed by atoms with Gasteiger partial charge in [-0.2, -0.15) is 4.31 Å². The van der Waals surface area contributed by atoms with Gasteiger partial charge in [-0.1, -0.05) is 80.9 Å². The van der Waals surface area contributed by atoms with E-state index in [1.165, 1.54) is 21.3 Å². The molecule has 0 aromatic heterocycles. The zero-order valence-electron chi connectivity index (χ0n) is 29.6. The molecule has 2 unspecified atom stereocenters. The Morgan fingerprint density at radius 1 is 0.837 bits per heavy atom. The summed E-state index contributed by atoms with van der Waals surface area (Å²) in [6, 6.07) is 23.2. The maximum atomic E-state index is 14.1. The normalized spacial score (nSPS) is 14.1. The Hall–Kier alpha value is -3.93. The molecule has 10 nitrogen and oxygen atoms in total. The fourth-order valence-electron chi connectivity index (χ4n) is 6.16. The molecule has 268 valence electrons. The second kappa shape index (κ2) is 17.6. The third-order valence-corrected chi connectivity index (χ3v) is 10.6. The minimum Gasteiger partial charge on any atom is -0.465 e. The van der Waals surface area contributed by atoms with E-state index in [0.29, 0.717) is 31.4 Å². The van der Waals surface area contributed by atoms with E-state index in [2.05, 4.69) is 5.32 Å². The number of rotatable bonds is 17. The fraction of sp³-hybridized carbons (Fsp3) is 0.474. The van der Waals surface area contributed by atoms with Crippen LogP contribution in [0.25, 0.3) is 0 Å². The molecule has 2 amide bonds. The second-order valence-corrected chi connectivity index (χ2v) is 15.9. The van der Waals surface area contributed by atoms with Crippen LogP contribution >= 0.6 is 0 Å². The summed E-state index contributed by atoms with van der Waals surface area (Å²) in [7, 11) is -3.93. The minimum atomic E-state index is -3.93. The predicted octanol–water partition coefficient (Wildman–Crippen LogP) is 6.32. The summed E-state index contributed by atoms with van der Waals surface area (Å²) in [5, 5.41) is 24.3. The van der Waals surface area contributed by atoms with E-state index in [4.69, 9.17) is 5.73 Å². The van der Waals surface area contributed by atoms with Crippen LogP contribution in [0.3, 0.4) is 0 Å². The molecule has 3 aromatic carbocycles. The molecular weight excluding hydrogens is 641 g/mol. The summed E-state index contributed by atoms with van der Waals surface area (Å²) in [4.78, 5) is 28.3. The van der Waals surface area contributed by atoms with Crippen LogP contribution in [-0.4, -0.2) is 76.7 Å². The molecule has 0 bridgehead atoms. The van der Waals surface area contributed by atoms with Crippen LogP contribution in [-0.2, 0) is 14.8 Å². The molecule has 0 aliphatic carbocycles. The quantitative estimate of drug-likeness (QED) is 0.0953. The van der Waals surface area contributed by atoms with E-state index >= 15 is 0 Å². The van der Waals surface area contributed by atoms with E-state index in [1.54, 1.807) is 39.8 Å². The number of carboxylic acid groups (broad SMARTS) is 1. The maximum Gasteiger partial charge on any atom is 0.408 e. The Labute approximate surface area is 292 Å². The molecule has 0 saturated heterocycles. The van der Waals surface area contributed by atoms with Gasteiger partial charge in [-0.15, -0.1) is 0 Å². The van der Waals surface area contributed by atoms with Gasteiger partial charge in [0, 0.05) is 30.2 Å². The summed E-state index contributed by atoms with van der Waals surface area (Å²) in [6.07, 6.45) is -0.156. The lowest BCUT2D eigenvalue weighted by Gasteiger charge is -2.42. The Morgan fingerprint density at radius 2 is 1.37 bits per heavy atom. The van der Waals surface area contributed by atoms with Crippen molar-refractivity contribution in [2.75, 3.05) is 18.8 Å². The topological polar surface area (TPSA) is 153 Å². The molecule has 3 atom stereocenters. The average Bonchev–Trinajstić information content (AvgIpc) is 3.03. The van der Waals surface area contributed by atoms with E-state index in [-0.39, 0.29) is 23.9 Å². The van der Waals surface area contributed by atoms with Crippen LogP contribution in [0.5, 0.6) is 0 Å². The fourth-order valence-corrected chi connectivity index (χ4v) is 7.90. The minimum absolute atomic E-state index is 0.114. The van der Waals surface area contributed by atoms with Crippen LogP contribution in [0, 0.1) is 5.92 Å². The van der Waals surface area contributed by atoms with Crippen molar-refractivity contribution in [2.45, 2.75) is 102 Å². The lowest BCUT2D eigenvalue weighted by Crippen LogP contribution is -2.59. The van der Waals surface area contributed by atoms with Crippen molar-refractivity contribution in [3.63, 3.8) is 0 Å². The van der Waals surface area contributed by atoms with Crippen molar-refractivity contribution in [3.05, 3.63) is 96.1 Å². The SMILES string of the molecule is CC(C)CCN(C(CCCCNC(=O)[C@H](C(c1ccccc1)c1ccccc1)N(C(=O)O)C(C)(C)C)C(C)O)S(=O)(=O)c1ccc(N)cc1. The highest BCUT2D eigenvalue weighted by atomic mass is 32.2. The van der Waals surface area contributed by atoms with Gasteiger partial charge in [0.2, 0.25) is 15.9 Å². The molecule has 11 heteroatoms. The van der Waals surface area contributed by atoms with Gasteiger partial charge in [-0.3, -0.25) is 9.69 Å². The molecule has 49 heavy (non-hydrogen) atoms. The van der Waals surface area contributed by atoms with Gasteiger partial charge < -0.3 is 21.3 Å². The standard InChI is InChI=1S/C38H54N4O6S/c1-27(2)24-26-41(49(47,48)32-22-20-31(39)21-23-32)33(28(3)43)19-13-14-25-40-36(44)35(42(37(45)46)38(4,5)6)34(29-15-9-7-10-16-29)30-17-11-8-12-18-30/h7-12,15-18,20-23,27-28,33-35,43H,13-14,19,24-26,39H2,1-6H3,(H,40,44)(H,45,46)/t28?,33?,35-/m0/s1. The van der Waals surface area contributed by atoms with Crippen molar-refractivity contribution < 1.29 is 28.2 Å². The van der Waals surface area contributed by atoms with Gasteiger partial charge in [-0.05, 0) is 88.3 Å². The molecular formula is C38H54N4O6S. The maximum absolute atomic E-state index is 14.1. The summed E-state index contributed by atoms with van der Waals surface area (Å²) < 4.78 is 29.0. The molecule has 0 heterocycles. The zero-order chi connectivity index (χ0) is 36.4. The highest BCUT2D eigenvalue weighted by molar-refractivity contribution is 7.89. The molecule has 3 aromatic rings. The molecule has 0 spiro atoms. The van der Waals surface area contributed by atoms with Gasteiger partial charge >= 0.3 is 6.09 Å². The number of hydrogen-bond donors (Lipinski definition) is 4. The van der Waals surface area contributed by atoms with Crippen molar-refractivity contribution >= 4 is 27.7 Å². The number of amides is 2. The van der Waals surface area contributed by atoms with Gasteiger partial charge in [0.15, 0.2) is 0 Å². The third-order valence-electron chi connectivity index (χ3n) is 8.67. The van der Waals surface area contributed by atoms with Crippen LogP contribution in [0.4, 0.5) is 10.5 Å². The monoisotopic (exact) mass is 694 g/mol. The number of nitrogens with two attached hydrogens (primary N) is 1. The number of hydrogen-bond acceptors (Lipinski definition) is 6. The van der Waals surface area contributed by atoms with Gasteiger partial charge in [0.1, 0.15) is 6.04 Å². The first-order chi connectivity index (χ1) is 23.1. The Balaban J connectivity index is 1.83. The van der Waals surface area contributed by atoms with E-state index in [0.717, 1.165) is 11.1 Å². The van der Waals surface area contributed by atoms with E-state index in [9.17, 15) is 28.2 Å². The summed E-state index contributed by atoms with van der Waals surface area (Å²) in [5.74, 6) is -0.756. The smallest absolute Gasteiger partial charge is 0.408 e. The number of carbonyl (C=O) groups is 2. The first kappa shape index (κ1) is 39.5. The highest BCUT2D eigenvalue weighted by Gasteiger charge is 2.43. The van der Waals surface area contributed by atoms with Crippen LogP contribution in [0.1, 0.15) is 84.3 Å². The van der Waals surface area contributed by atoms with Gasteiger partial charge in [-0.25, -0.2) is 13.2 Å². The molecule has 0 fully saturated rings.